The first kappa shape index (κ1) is 9.01. The molecule has 0 heterocycles. The smallest absolute Gasteiger partial charge is 0.429 e. The van der Waals surface area contributed by atoms with Crippen molar-refractivity contribution in [2.45, 2.75) is 6.92 Å². The van der Waals surface area contributed by atoms with Crippen molar-refractivity contribution in [3.63, 3.8) is 0 Å². The summed E-state index contributed by atoms with van der Waals surface area (Å²) in [7, 11) is 1.54. The van der Waals surface area contributed by atoms with Crippen molar-refractivity contribution in [3.8, 4) is 5.75 Å². The highest BCUT2D eigenvalue weighted by Gasteiger charge is 2.18. The van der Waals surface area contributed by atoms with Gasteiger partial charge in [-0.1, -0.05) is 15.9 Å². The minimum absolute atomic E-state index is 0.473. The van der Waals surface area contributed by atoms with E-state index in [-0.39, 0.29) is 0 Å². The van der Waals surface area contributed by atoms with E-state index in [2.05, 4.69) is 20.9 Å². The van der Waals surface area contributed by atoms with Crippen molar-refractivity contribution in [3.05, 3.63) is 27.1 Å². The second kappa shape index (κ2) is 3.55. The van der Waals surface area contributed by atoms with Crippen LogP contribution in [-0.2, 0) is 0 Å². The maximum Gasteiger partial charge on any atom is 0.429 e. The molecule has 0 saturated heterocycles. The van der Waals surface area contributed by atoms with Gasteiger partial charge in [-0.05, 0) is 13.0 Å². The fourth-order valence-electron chi connectivity index (χ4n) is 0.989. The van der Waals surface area contributed by atoms with Gasteiger partial charge < -0.3 is 4.74 Å². The standard InChI is InChI=1S/C8H8BrN2O/c1-5-3-6(9)4-7(12-2)8(5)11-10/h3-4H,1-2H3/q+1. The van der Waals surface area contributed by atoms with Crippen molar-refractivity contribution in [2.75, 3.05) is 7.11 Å². The second-order valence-corrected chi connectivity index (χ2v) is 3.29. The van der Waals surface area contributed by atoms with Crippen LogP contribution in [0, 0.1) is 12.3 Å². The maximum absolute atomic E-state index is 8.65. The van der Waals surface area contributed by atoms with Crippen molar-refractivity contribution in [1.29, 1.82) is 5.39 Å². The molecule has 0 radical (unpaired) electrons. The van der Waals surface area contributed by atoms with E-state index in [0.717, 1.165) is 10.0 Å². The van der Waals surface area contributed by atoms with E-state index in [1.165, 1.54) is 7.11 Å². The maximum atomic E-state index is 8.65. The summed E-state index contributed by atoms with van der Waals surface area (Å²) in [6, 6.07) is 3.61. The van der Waals surface area contributed by atoms with Crippen LogP contribution in [0.4, 0.5) is 5.69 Å². The zero-order valence-electron chi connectivity index (χ0n) is 6.84. The van der Waals surface area contributed by atoms with Crippen molar-refractivity contribution in [2.24, 2.45) is 0 Å². The highest BCUT2D eigenvalue weighted by molar-refractivity contribution is 9.10. The Morgan fingerprint density at radius 3 is 2.67 bits per heavy atom. The number of aryl methyl sites for hydroxylation is 1. The van der Waals surface area contributed by atoms with Crippen LogP contribution in [0.5, 0.6) is 5.75 Å². The van der Waals surface area contributed by atoms with Crippen LogP contribution in [-0.4, -0.2) is 7.11 Å². The summed E-state index contributed by atoms with van der Waals surface area (Å²) in [5.74, 6) is 0.560. The summed E-state index contributed by atoms with van der Waals surface area (Å²) >= 11 is 3.31. The van der Waals surface area contributed by atoms with E-state index in [0.29, 0.717) is 11.4 Å². The molecule has 1 aromatic rings. The summed E-state index contributed by atoms with van der Waals surface area (Å²) in [5, 5.41) is 8.65. The lowest BCUT2D eigenvalue weighted by molar-refractivity contribution is 0.417. The third kappa shape index (κ3) is 1.56. The van der Waals surface area contributed by atoms with Gasteiger partial charge in [0.15, 0.2) is 4.98 Å². The minimum Gasteiger partial charge on any atom is -0.489 e. The second-order valence-electron chi connectivity index (χ2n) is 2.37. The topological polar surface area (TPSA) is 37.4 Å². The number of ether oxygens (including phenoxy) is 1. The zero-order chi connectivity index (χ0) is 9.14. The fraction of sp³-hybridized carbons (Fsp3) is 0.250. The first-order valence-corrected chi connectivity index (χ1v) is 4.17. The molecule has 0 bridgehead atoms. The van der Waals surface area contributed by atoms with Crippen molar-refractivity contribution >= 4 is 21.6 Å². The third-order valence-electron chi connectivity index (χ3n) is 1.55. The molecule has 0 aromatic heterocycles. The predicted molar refractivity (Wildman–Crippen MR) is 50.2 cm³/mol. The van der Waals surface area contributed by atoms with Crippen LogP contribution in [0.3, 0.4) is 0 Å². The molecule has 0 amide bonds. The molecule has 1 aromatic carbocycles. The Morgan fingerprint density at radius 2 is 2.17 bits per heavy atom. The highest BCUT2D eigenvalue weighted by atomic mass is 79.9. The summed E-state index contributed by atoms with van der Waals surface area (Å²) in [5.41, 5.74) is 1.34. The molecule has 1 rings (SSSR count). The molecule has 0 fully saturated rings. The number of halogens is 1. The Hall–Kier alpha value is -1.08. The largest absolute Gasteiger partial charge is 0.489 e. The molecule has 0 aliphatic heterocycles. The molecule has 0 aliphatic carbocycles. The molecule has 0 saturated carbocycles. The number of diazo groups is 1. The third-order valence-corrected chi connectivity index (χ3v) is 2.01. The molecule has 4 heteroatoms. The van der Waals surface area contributed by atoms with Crippen molar-refractivity contribution < 1.29 is 4.74 Å². The molecule has 0 aliphatic rings. The van der Waals surface area contributed by atoms with Crippen LogP contribution in [0.2, 0.25) is 0 Å². The Labute approximate surface area is 79.1 Å². The van der Waals surface area contributed by atoms with Gasteiger partial charge in [0.2, 0.25) is 11.1 Å². The normalized spacial score (nSPS) is 9.17. The van der Waals surface area contributed by atoms with Crippen LogP contribution in [0.25, 0.3) is 4.98 Å². The van der Waals surface area contributed by atoms with Gasteiger partial charge >= 0.3 is 5.69 Å². The van der Waals surface area contributed by atoms with Gasteiger partial charge in [-0.15, -0.1) is 0 Å². The van der Waals surface area contributed by atoms with E-state index in [1.54, 1.807) is 6.07 Å². The van der Waals surface area contributed by atoms with Gasteiger partial charge in [0.05, 0.1) is 7.11 Å². The summed E-state index contributed by atoms with van der Waals surface area (Å²) in [6.45, 7) is 1.85. The van der Waals surface area contributed by atoms with Crippen LogP contribution < -0.4 is 4.74 Å². The quantitative estimate of drug-likeness (QED) is 0.691. The minimum atomic E-state index is 0.473. The highest BCUT2D eigenvalue weighted by Crippen LogP contribution is 2.34. The Balaban J connectivity index is 3.36. The average molecular weight is 228 g/mol. The zero-order valence-corrected chi connectivity index (χ0v) is 8.42. The summed E-state index contributed by atoms with van der Waals surface area (Å²) in [4.78, 5) is 3.14. The van der Waals surface area contributed by atoms with Gasteiger partial charge in [-0.25, -0.2) is 0 Å². The van der Waals surface area contributed by atoms with Gasteiger partial charge in [0.1, 0.15) is 0 Å². The number of rotatable bonds is 1. The fourth-order valence-corrected chi connectivity index (χ4v) is 1.54. The monoisotopic (exact) mass is 227 g/mol. The first-order valence-electron chi connectivity index (χ1n) is 3.38. The van der Waals surface area contributed by atoms with Crippen LogP contribution in [0.15, 0.2) is 16.6 Å². The predicted octanol–water partition coefficient (Wildman–Crippen LogP) is 3.25. The Morgan fingerprint density at radius 1 is 1.50 bits per heavy atom. The van der Waals surface area contributed by atoms with E-state index >= 15 is 0 Å². The van der Waals surface area contributed by atoms with Crippen molar-refractivity contribution in [1.82, 2.24) is 0 Å². The molecule has 0 N–H and O–H groups in total. The molecule has 0 spiro atoms. The lowest BCUT2D eigenvalue weighted by Gasteiger charge is -1.98. The van der Waals surface area contributed by atoms with E-state index in [9.17, 15) is 0 Å². The SMILES string of the molecule is COc1cc(Br)cc(C)c1[N+]#N. The summed E-state index contributed by atoms with van der Waals surface area (Å²) < 4.78 is 5.92. The Kier molecular flexibility index (Phi) is 2.66. The number of hydrogen-bond acceptors (Lipinski definition) is 2. The van der Waals surface area contributed by atoms with Gasteiger partial charge in [0.25, 0.3) is 0 Å². The van der Waals surface area contributed by atoms with Gasteiger partial charge in [-0.3, -0.25) is 0 Å². The lowest BCUT2D eigenvalue weighted by Crippen LogP contribution is -1.85. The van der Waals surface area contributed by atoms with Crippen LogP contribution >= 0.6 is 15.9 Å². The number of nitrogens with zero attached hydrogens (tertiary/aromatic N) is 2. The Bertz CT molecular complexity index is 344. The number of benzene rings is 1. The number of methoxy groups -OCH3 is 1. The molecular formula is C8H8BrN2O+. The number of hydrogen-bond donors (Lipinski definition) is 0. The first-order chi connectivity index (χ1) is 5.69. The average Bonchev–Trinajstić information content (AvgIpc) is 2.03. The molecule has 0 unspecified atom stereocenters. The lowest BCUT2D eigenvalue weighted by atomic mass is 10.2. The summed E-state index contributed by atoms with van der Waals surface area (Å²) in [6.07, 6.45) is 0. The van der Waals surface area contributed by atoms with E-state index in [4.69, 9.17) is 10.1 Å². The molecule has 0 atom stereocenters. The van der Waals surface area contributed by atoms with E-state index in [1.807, 2.05) is 13.0 Å². The van der Waals surface area contributed by atoms with Crippen LogP contribution in [0.1, 0.15) is 5.56 Å². The van der Waals surface area contributed by atoms with E-state index < -0.39 is 0 Å². The molecule has 12 heavy (non-hydrogen) atoms. The van der Waals surface area contributed by atoms with Gasteiger partial charge in [-0.2, -0.15) is 0 Å². The van der Waals surface area contributed by atoms with Gasteiger partial charge in [0, 0.05) is 16.1 Å². The molecule has 3 nitrogen and oxygen atoms in total. The molecule has 62 valence electrons. The molecular weight excluding hydrogens is 220 g/mol.